The van der Waals surface area contributed by atoms with Crippen LogP contribution in [-0.2, 0) is 18.2 Å². The van der Waals surface area contributed by atoms with Gasteiger partial charge in [0.2, 0.25) is 0 Å². The molecular weight excluding hydrogens is 455 g/mol. The van der Waals surface area contributed by atoms with Crippen molar-refractivity contribution in [3.63, 3.8) is 0 Å². The van der Waals surface area contributed by atoms with Crippen molar-refractivity contribution in [2.45, 2.75) is 31.2 Å². The zero-order valence-electron chi connectivity index (χ0n) is 17.1. The molecule has 1 atom stereocenters. The van der Waals surface area contributed by atoms with E-state index in [1.807, 2.05) is 25.0 Å². The van der Waals surface area contributed by atoms with Gasteiger partial charge in [0.25, 0.3) is 0 Å². The normalized spacial score (nSPS) is 22.8. The molecule has 27 heavy (non-hydrogen) atoms. The van der Waals surface area contributed by atoms with E-state index in [1.54, 1.807) is 0 Å². The van der Waals surface area contributed by atoms with Crippen LogP contribution in [-0.4, -0.2) is 85.1 Å². The van der Waals surface area contributed by atoms with E-state index in [0.717, 1.165) is 58.1 Å². The number of hydrogen-bond donors (Lipinski definition) is 1. The van der Waals surface area contributed by atoms with Gasteiger partial charge in [-0.15, -0.1) is 24.0 Å². The van der Waals surface area contributed by atoms with Gasteiger partial charge in [0, 0.05) is 58.7 Å². The summed E-state index contributed by atoms with van der Waals surface area (Å²) < 4.78 is 7.46. The number of likely N-dealkylation sites (N-methyl/N-ethyl adjacent to an activating group) is 1. The Labute approximate surface area is 180 Å². The van der Waals surface area contributed by atoms with Gasteiger partial charge in [0.1, 0.15) is 0 Å². The highest BCUT2D eigenvalue weighted by Gasteiger charge is 2.35. The summed E-state index contributed by atoms with van der Waals surface area (Å²) in [5.74, 6) is 1.70. The van der Waals surface area contributed by atoms with Crippen molar-refractivity contribution in [3.05, 3.63) is 18.0 Å². The maximum Gasteiger partial charge on any atom is 0.193 e. The highest BCUT2D eigenvalue weighted by Crippen LogP contribution is 2.26. The topological polar surface area (TPSA) is 57.9 Å². The molecule has 8 heteroatoms. The van der Waals surface area contributed by atoms with Crippen molar-refractivity contribution in [1.82, 2.24) is 24.9 Å². The van der Waals surface area contributed by atoms with Gasteiger partial charge >= 0.3 is 0 Å². The molecule has 3 heterocycles. The average Bonchev–Trinajstić information content (AvgIpc) is 3.26. The standard InChI is InChI=1S/C19H34N6O.HI/c1-20-18(21-15-19(23(2)3)6-9-26-10-7-19)25-8-5-16(14-25)11-17-12-22-24(4)13-17;/h12-13,16H,5-11,14-15H2,1-4H3,(H,20,21);1H. The molecule has 2 saturated heterocycles. The van der Waals surface area contributed by atoms with E-state index in [2.05, 4.69) is 45.5 Å². The molecule has 1 unspecified atom stereocenters. The van der Waals surface area contributed by atoms with Crippen LogP contribution in [0.15, 0.2) is 17.4 Å². The fraction of sp³-hybridized carbons (Fsp3) is 0.789. The lowest BCUT2D eigenvalue weighted by Crippen LogP contribution is -2.57. The minimum atomic E-state index is 0. The fourth-order valence-corrected chi connectivity index (χ4v) is 4.21. The Morgan fingerprint density at radius 3 is 2.74 bits per heavy atom. The zero-order chi connectivity index (χ0) is 18.6. The van der Waals surface area contributed by atoms with Crippen molar-refractivity contribution >= 4 is 29.9 Å². The number of aryl methyl sites for hydroxylation is 1. The smallest absolute Gasteiger partial charge is 0.193 e. The third-order valence-electron chi connectivity index (χ3n) is 6.03. The highest BCUT2D eigenvalue weighted by atomic mass is 127. The monoisotopic (exact) mass is 490 g/mol. The van der Waals surface area contributed by atoms with Crippen molar-refractivity contribution in [2.24, 2.45) is 18.0 Å². The molecule has 0 spiro atoms. The Morgan fingerprint density at radius 1 is 1.41 bits per heavy atom. The number of ether oxygens (including phenoxy) is 1. The molecule has 0 bridgehead atoms. The van der Waals surface area contributed by atoms with Crippen molar-refractivity contribution in [3.8, 4) is 0 Å². The third kappa shape index (κ3) is 5.57. The van der Waals surface area contributed by atoms with E-state index >= 15 is 0 Å². The van der Waals surface area contributed by atoms with Crippen molar-refractivity contribution in [1.29, 1.82) is 0 Å². The van der Waals surface area contributed by atoms with Crippen LogP contribution in [0.4, 0.5) is 0 Å². The summed E-state index contributed by atoms with van der Waals surface area (Å²) in [6.45, 7) is 4.74. The van der Waals surface area contributed by atoms with Gasteiger partial charge < -0.3 is 19.9 Å². The molecule has 0 saturated carbocycles. The quantitative estimate of drug-likeness (QED) is 0.386. The molecule has 7 nitrogen and oxygen atoms in total. The first kappa shape index (κ1) is 22.4. The van der Waals surface area contributed by atoms with E-state index in [-0.39, 0.29) is 29.5 Å². The fourth-order valence-electron chi connectivity index (χ4n) is 4.21. The van der Waals surface area contributed by atoms with Crippen LogP contribution in [0.3, 0.4) is 0 Å². The number of nitrogens with one attached hydrogen (secondary N) is 1. The molecular formula is C19H35IN6O. The predicted molar refractivity (Wildman–Crippen MR) is 120 cm³/mol. The lowest BCUT2D eigenvalue weighted by atomic mass is 9.88. The van der Waals surface area contributed by atoms with Gasteiger partial charge in [-0.1, -0.05) is 0 Å². The molecule has 2 aliphatic rings. The summed E-state index contributed by atoms with van der Waals surface area (Å²) >= 11 is 0. The molecule has 0 radical (unpaired) electrons. The summed E-state index contributed by atoms with van der Waals surface area (Å²) in [7, 11) is 8.22. The van der Waals surface area contributed by atoms with Gasteiger partial charge in [-0.05, 0) is 51.3 Å². The van der Waals surface area contributed by atoms with Crippen LogP contribution < -0.4 is 5.32 Å². The van der Waals surface area contributed by atoms with Crippen LogP contribution in [0.1, 0.15) is 24.8 Å². The Morgan fingerprint density at radius 2 is 2.15 bits per heavy atom. The zero-order valence-corrected chi connectivity index (χ0v) is 19.5. The van der Waals surface area contributed by atoms with Crippen LogP contribution >= 0.6 is 24.0 Å². The first-order valence-corrected chi connectivity index (χ1v) is 9.71. The second-order valence-corrected chi connectivity index (χ2v) is 7.96. The number of rotatable bonds is 5. The molecule has 0 aromatic carbocycles. The largest absolute Gasteiger partial charge is 0.381 e. The summed E-state index contributed by atoms with van der Waals surface area (Å²) in [5, 5.41) is 7.94. The average molecular weight is 490 g/mol. The van der Waals surface area contributed by atoms with Gasteiger partial charge in [-0.25, -0.2) is 0 Å². The Kier molecular flexibility index (Phi) is 8.36. The molecule has 0 amide bonds. The molecule has 1 aromatic rings. The minimum Gasteiger partial charge on any atom is -0.381 e. The van der Waals surface area contributed by atoms with Crippen LogP contribution in [0.2, 0.25) is 0 Å². The highest BCUT2D eigenvalue weighted by molar-refractivity contribution is 14.0. The Balaban J connectivity index is 0.00000261. The third-order valence-corrected chi connectivity index (χ3v) is 6.03. The minimum absolute atomic E-state index is 0. The maximum absolute atomic E-state index is 5.58. The number of halogens is 1. The summed E-state index contributed by atoms with van der Waals surface area (Å²) in [6.07, 6.45) is 8.55. The number of hydrogen-bond acceptors (Lipinski definition) is 4. The molecule has 2 aliphatic heterocycles. The Bertz CT molecular complexity index is 611. The SMILES string of the molecule is CN=C(NCC1(N(C)C)CCOCC1)N1CCC(Cc2cnn(C)c2)C1.I. The molecule has 154 valence electrons. The van der Waals surface area contributed by atoms with Crippen molar-refractivity contribution in [2.75, 3.05) is 54.0 Å². The first-order valence-electron chi connectivity index (χ1n) is 9.71. The first-order chi connectivity index (χ1) is 12.5. The molecule has 2 fully saturated rings. The molecule has 3 rings (SSSR count). The van der Waals surface area contributed by atoms with E-state index in [9.17, 15) is 0 Å². The number of aromatic nitrogens is 2. The predicted octanol–water partition coefficient (Wildman–Crippen LogP) is 1.59. The van der Waals surface area contributed by atoms with Crippen molar-refractivity contribution < 1.29 is 4.74 Å². The molecule has 1 aromatic heterocycles. The second kappa shape index (κ2) is 10.1. The second-order valence-electron chi connectivity index (χ2n) is 7.96. The molecule has 1 N–H and O–H groups in total. The number of nitrogens with zero attached hydrogens (tertiary/aromatic N) is 5. The lowest BCUT2D eigenvalue weighted by Gasteiger charge is -2.43. The van der Waals surface area contributed by atoms with E-state index in [1.165, 1.54) is 12.0 Å². The number of guanidine groups is 1. The van der Waals surface area contributed by atoms with Gasteiger partial charge in [-0.3, -0.25) is 9.67 Å². The maximum atomic E-state index is 5.58. The van der Waals surface area contributed by atoms with Crippen LogP contribution in [0.5, 0.6) is 0 Å². The van der Waals surface area contributed by atoms with Gasteiger partial charge in [-0.2, -0.15) is 5.10 Å². The summed E-state index contributed by atoms with van der Waals surface area (Å²) in [5.41, 5.74) is 1.49. The van der Waals surface area contributed by atoms with Crippen LogP contribution in [0, 0.1) is 5.92 Å². The number of likely N-dealkylation sites (tertiary alicyclic amines) is 1. The van der Waals surface area contributed by atoms with E-state index in [0.29, 0.717) is 5.92 Å². The van der Waals surface area contributed by atoms with Gasteiger partial charge in [0.15, 0.2) is 5.96 Å². The molecule has 0 aliphatic carbocycles. The van der Waals surface area contributed by atoms with E-state index < -0.39 is 0 Å². The summed E-state index contributed by atoms with van der Waals surface area (Å²) in [6, 6.07) is 0. The van der Waals surface area contributed by atoms with E-state index in [4.69, 9.17) is 4.74 Å². The number of aliphatic imine (C=N–C) groups is 1. The Hall–Kier alpha value is -0.870. The summed E-state index contributed by atoms with van der Waals surface area (Å²) in [4.78, 5) is 9.31. The van der Waals surface area contributed by atoms with Crippen LogP contribution in [0.25, 0.3) is 0 Å². The van der Waals surface area contributed by atoms with Gasteiger partial charge in [0.05, 0.1) is 6.20 Å². The lowest BCUT2D eigenvalue weighted by molar-refractivity contribution is -0.00522.